The summed E-state index contributed by atoms with van der Waals surface area (Å²) in [5, 5.41) is 6.82. The lowest BCUT2D eigenvalue weighted by Gasteiger charge is -2.07. The molecule has 1 N–H and O–H groups in total. The minimum Gasteiger partial charge on any atom is -0.309 e. The van der Waals surface area contributed by atoms with Crippen molar-refractivity contribution in [1.29, 1.82) is 0 Å². The molecule has 7 heteroatoms. The standard InChI is InChI=1S/C18H14F3N3O/c19-18(20,21)14-6-8-15(9-7-14)24-11-10-16(23-24)22-17(25)12-13-4-2-1-3-5-13/h1-11H,12H2,(H,22,23,25). The third kappa shape index (κ3) is 4.26. The minimum atomic E-state index is -4.38. The summed E-state index contributed by atoms with van der Waals surface area (Å²) in [6, 6.07) is 15.5. The van der Waals surface area contributed by atoms with Gasteiger partial charge in [0.05, 0.1) is 17.7 Å². The van der Waals surface area contributed by atoms with Crippen molar-refractivity contribution in [2.45, 2.75) is 12.6 Å². The molecule has 1 amide bonds. The van der Waals surface area contributed by atoms with Crippen LogP contribution in [0.2, 0.25) is 0 Å². The van der Waals surface area contributed by atoms with Gasteiger partial charge in [-0.2, -0.15) is 18.3 Å². The Kier molecular flexibility index (Phi) is 4.56. The molecule has 0 atom stereocenters. The molecule has 0 aliphatic heterocycles. The number of halogens is 3. The molecule has 0 aliphatic rings. The number of rotatable bonds is 4. The van der Waals surface area contributed by atoms with E-state index in [0.717, 1.165) is 17.7 Å². The second kappa shape index (κ2) is 6.80. The second-order valence-corrected chi connectivity index (χ2v) is 5.40. The molecule has 4 nitrogen and oxygen atoms in total. The zero-order chi connectivity index (χ0) is 17.9. The lowest BCUT2D eigenvalue weighted by molar-refractivity contribution is -0.137. The number of benzene rings is 2. The average molecular weight is 345 g/mol. The predicted octanol–water partition coefficient (Wildman–Crippen LogP) is 4.07. The first-order valence-corrected chi connectivity index (χ1v) is 7.49. The van der Waals surface area contributed by atoms with E-state index in [1.165, 1.54) is 16.8 Å². The highest BCUT2D eigenvalue weighted by Crippen LogP contribution is 2.29. The molecule has 3 aromatic rings. The van der Waals surface area contributed by atoms with Crippen molar-refractivity contribution in [2.75, 3.05) is 5.32 Å². The van der Waals surface area contributed by atoms with Crippen LogP contribution >= 0.6 is 0 Å². The van der Waals surface area contributed by atoms with Crippen LogP contribution in [-0.2, 0) is 17.4 Å². The summed E-state index contributed by atoms with van der Waals surface area (Å²) in [5.41, 5.74) is 0.624. The number of alkyl halides is 3. The number of hydrogen-bond acceptors (Lipinski definition) is 2. The maximum Gasteiger partial charge on any atom is 0.416 e. The highest BCUT2D eigenvalue weighted by molar-refractivity contribution is 5.91. The fourth-order valence-electron chi connectivity index (χ4n) is 2.31. The van der Waals surface area contributed by atoms with Crippen LogP contribution in [-0.4, -0.2) is 15.7 Å². The van der Waals surface area contributed by atoms with Gasteiger partial charge < -0.3 is 5.32 Å². The molecule has 1 aromatic heterocycles. The van der Waals surface area contributed by atoms with Crippen LogP contribution < -0.4 is 5.32 Å². The Hall–Kier alpha value is -3.09. The Bertz CT molecular complexity index is 855. The van der Waals surface area contributed by atoms with Gasteiger partial charge in [-0.1, -0.05) is 30.3 Å². The summed E-state index contributed by atoms with van der Waals surface area (Å²) >= 11 is 0. The minimum absolute atomic E-state index is 0.216. The van der Waals surface area contributed by atoms with Gasteiger partial charge in [0.2, 0.25) is 5.91 Å². The highest BCUT2D eigenvalue weighted by atomic mass is 19.4. The Balaban J connectivity index is 1.67. The van der Waals surface area contributed by atoms with Crippen molar-refractivity contribution in [3.63, 3.8) is 0 Å². The summed E-state index contributed by atoms with van der Waals surface area (Å²) in [4.78, 5) is 12.0. The fourth-order valence-corrected chi connectivity index (χ4v) is 2.31. The Labute approximate surface area is 141 Å². The summed E-state index contributed by atoms with van der Waals surface area (Å²) in [7, 11) is 0. The van der Waals surface area contributed by atoms with Gasteiger partial charge >= 0.3 is 6.18 Å². The van der Waals surface area contributed by atoms with Crippen molar-refractivity contribution in [3.05, 3.63) is 78.0 Å². The van der Waals surface area contributed by atoms with Crippen LogP contribution in [0.5, 0.6) is 0 Å². The summed E-state index contributed by atoms with van der Waals surface area (Å²) < 4.78 is 39.1. The van der Waals surface area contributed by atoms with Crippen molar-refractivity contribution < 1.29 is 18.0 Å². The van der Waals surface area contributed by atoms with Crippen LogP contribution in [0, 0.1) is 0 Å². The van der Waals surface area contributed by atoms with E-state index in [0.29, 0.717) is 11.5 Å². The summed E-state index contributed by atoms with van der Waals surface area (Å²) in [6.45, 7) is 0. The number of amides is 1. The number of carbonyl (C=O) groups is 1. The fraction of sp³-hybridized carbons (Fsp3) is 0.111. The molecule has 0 bridgehead atoms. The van der Waals surface area contributed by atoms with Crippen LogP contribution in [0.3, 0.4) is 0 Å². The topological polar surface area (TPSA) is 46.9 Å². The second-order valence-electron chi connectivity index (χ2n) is 5.40. The van der Waals surface area contributed by atoms with Gasteiger partial charge in [0.15, 0.2) is 5.82 Å². The van der Waals surface area contributed by atoms with E-state index in [4.69, 9.17) is 0 Å². The van der Waals surface area contributed by atoms with Gasteiger partial charge in [-0.05, 0) is 29.8 Å². The Morgan fingerprint density at radius 2 is 1.68 bits per heavy atom. The Morgan fingerprint density at radius 3 is 2.32 bits per heavy atom. The quantitative estimate of drug-likeness (QED) is 0.775. The van der Waals surface area contributed by atoms with Gasteiger partial charge in [-0.25, -0.2) is 4.68 Å². The number of nitrogens with zero attached hydrogens (tertiary/aromatic N) is 2. The maximum atomic E-state index is 12.6. The van der Waals surface area contributed by atoms with Crippen molar-refractivity contribution in [2.24, 2.45) is 0 Å². The first kappa shape index (κ1) is 16.8. The summed E-state index contributed by atoms with van der Waals surface area (Å²) in [5.74, 6) is 0.115. The average Bonchev–Trinajstić information content (AvgIpc) is 3.03. The van der Waals surface area contributed by atoms with E-state index >= 15 is 0 Å². The molecule has 0 radical (unpaired) electrons. The molecule has 128 valence electrons. The smallest absolute Gasteiger partial charge is 0.309 e. The largest absolute Gasteiger partial charge is 0.416 e. The van der Waals surface area contributed by atoms with Crippen LogP contribution in [0.4, 0.5) is 19.0 Å². The normalized spacial score (nSPS) is 11.3. The predicted molar refractivity (Wildman–Crippen MR) is 87.3 cm³/mol. The molecule has 0 unspecified atom stereocenters. The van der Waals surface area contributed by atoms with E-state index in [-0.39, 0.29) is 12.3 Å². The maximum absolute atomic E-state index is 12.6. The van der Waals surface area contributed by atoms with Gasteiger partial charge in [0.1, 0.15) is 0 Å². The molecule has 0 saturated heterocycles. The number of anilines is 1. The lowest BCUT2D eigenvalue weighted by atomic mass is 10.1. The lowest BCUT2D eigenvalue weighted by Crippen LogP contribution is -2.15. The van der Waals surface area contributed by atoms with E-state index in [2.05, 4.69) is 10.4 Å². The van der Waals surface area contributed by atoms with Gasteiger partial charge in [0.25, 0.3) is 0 Å². The molecule has 0 fully saturated rings. The molecule has 2 aromatic carbocycles. The van der Waals surface area contributed by atoms with Crippen LogP contribution in [0.15, 0.2) is 66.9 Å². The number of hydrogen-bond donors (Lipinski definition) is 1. The molecule has 0 aliphatic carbocycles. The SMILES string of the molecule is O=C(Cc1ccccc1)Nc1ccn(-c2ccc(C(F)(F)F)cc2)n1. The Morgan fingerprint density at radius 1 is 1.00 bits per heavy atom. The zero-order valence-electron chi connectivity index (χ0n) is 13.0. The molecule has 3 rings (SSSR count). The van der Waals surface area contributed by atoms with Crippen LogP contribution in [0.1, 0.15) is 11.1 Å². The summed E-state index contributed by atoms with van der Waals surface area (Å²) in [6.07, 6.45) is -2.59. The third-order valence-electron chi connectivity index (χ3n) is 3.52. The van der Waals surface area contributed by atoms with Gasteiger partial charge in [0, 0.05) is 12.3 Å². The first-order valence-electron chi connectivity index (χ1n) is 7.49. The van der Waals surface area contributed by atoms with Crippen LogP contribution in [0.25, 0.3) is 5.69 Å². The molecular weight excluding hydrogens is 331 g/mol. The van der Waals surface area contributed by atoms with E-state index in [9.17, 15) is 18.0 Å². The van der Waals surface area contributed by atoms with Gasteiger partial charge in [-0.15, -0.1) is 0 Å². The number of nitrogens with one attached hydrogen (secondary N) is 1. The molecule has 25 heavy (non-hydrogen) atoms. The van der Waals surface area contributed by atoms with E-state index < -0.39 is 11.7 Å². The molecule has 0 spiro atoms. The van der Waals surface area contributed by atoms with E-state index in [1.54, 1.807) is 12.3 Å². The van der Waals surface area contributed by atoms with Crippen molar-refractivity contribution >= 4 is 11.7 Å². The van der Waals surface area contributed by atoms with Crippen molar-refractivity contribution in [1.82, 2.24) is 9.78 Å². The molecular formula is C18H14F3N3O. The first-order chi connectivity index (χ1) is 11.9. The zero-order valence-corrected chi connectivity index (χ0v) is 13.0. The third-order valence-corrected chi connectivity index (χ3v) is 3.52. The number of aromatic nitrogens is 2. The monoisotopic (exact) mass is 345 g/mol. The highest BCUT2D eigenvalue weighted by Gasteiger charge is 2.30. The number of carbonyl (C=O) groups excluding carboxylic acids is 1. The van der Waals surface area contributed by atoms with Crippen molar-refractivity contribution in [3.8, 4) is 5.69 Å². The molecule has 1 heterocycles. The van der Waals surface area contributed by atoms with E-state index in [1.807, 2.05) is 30.3 Å². The molecule has 0 saturated carbocycles. The van der Waals surface area contributed by atoms with Gasteiger partial charge in [-0.3, -0.25) is 4.79 Å².